The molecular weight excluding hydrogens is 352 g/mol. The number of hydrogen-bond donors (Lipinski definition) is 1. The van der Waals surface area contributed by atoms with Gasteiger partial charge in [-0.25, -0.2) is 9.97 Å². The maximum absolute atomic E-state index is 13.5. The van der Waals surface area contributed by atoms with Crippen molar-refractivity contribution >= 4 is 22.6 Å². The van der Waals surface area contributed by atoms with E-state index in [2.05, 4.69) is 25.8 Å². The number of para-hydroxylation sites is 1. The number of hydrogen-bond acceptors (Lipinski definition) is 5. The molecule has 1 saturated carbocycles. The minimum absolute atomic E-state index is 0.181. The van der Waals surface area contributed by atoms with E-state index in [-0.39, 0.29) is 11.5 Å². The third kappa shape index (κ3) is 2.94. The van der Waals surface area contributed by atoms with Crippen molar-refractivity contribution in [3.63, 3.8) is 0 Å². The fourth-order valence-electron chi connectivity index (χ4n) is 5.50. The summed E-state index contributed by atoms with van der Waals surface area (Å²) in [4.78, 5) is 26.9. The highest BCUT2D eigenvalue weighted by molar-refractivity contribution is 5.90. The lowest BCUT2D eigenvalue weighted by Crippen LogP contribution is -2.50. The van der Waals surface area contributed by atoms with E-state index in [0.29, 0.717) is 11.9 Å². The Kier molecular flexibility index (Phi) is 4.46. The van der Waals surface area contributed by atoms with E-state index in [1.165, 1.54) is 0 Å². The molecule has 1 aromatic heterocycles. The van der Waals surface area contributed by atoms with Crippen molar-refractivity contribution < 1.29 is 9.90 Å². The van der Waals surface area contributed by atoms with Crippen LogP contribution in [0.5, 0.6) is 0 Å². The van der Waals surface area contributed by atoms with Crippen LogP contribution in [0.2, 0.25) is 0 Å². The van der Waals surface area contributed by atoms with Crippen molar-refractivity contribution in [2.24, 2.45) is 5.41 Å². The highest BCUT2D eigenvalue weighted by Gasteiger charge is 2.50. The molecule has 3 heterocycles. The van der Waals surface area contributed by atoms with Crippen LogP contribution in [0.3, 0.4) is 0 Å². The van der Waals surface area contributed by atoms with Gasteiger partial charge in [0.05, 0.1) is 17.0 Å². The molecule has 6 nitrogen and oxygen atoms in total. The summed E-state index contributed by atoms with van der Waals surface area (Å²) < 4.78 is 0. The van der Waals surface area contributed by atoms with Crippen molar-refractivity contribution in [1.29, 1.82) is 0 Å². The second-order valence-electron chi connectivity index (χ2n) is 8.73. The van der Waals surface area contributed by atoms with Gasteiger partial charge >= 0.3 is 0 Å². The molecule has 3 fully saturated rings. The van der Waals surface area contributed by atoms with Gasteiger partial charge in [-0.3, -0.25) is 4.79 Å². The Morgan fingerprint density at radius 2 is 1.86 bits per heavy atom. The van der Waals surface area contributed by atoms with Crippen molar-refractivity contribution in [1.82, 2.24) is 14.9 Å². The lowest BCUT2D eigenvalue weighted by molar-refractivity contribution is -0.139. The summed E-state index contributed by atoms with van der Waals surface area (Å²) in [5.41, 5.74) is 0.674. The van der Waals surface area contributed by atoms with Crippen LogP contribution < -0.4 is 4.90 Å². The molecule has 1 amide bonds. The van der Waals surface area contributed by atoms with E-state index < -0.39 is 0 Å². The molecule has 0 bridgehead atoms. The summed E-state index contributed by atoms with van der Waals surface area (Å²) in [6.45, 7) is 2.54. The average molecular weight is 380 g/mol. The number of carbonyl (C=O) groups excluding carboxylic acids is 1. The summed E-state index contributed by atoms with van der Waals surface area (Å²) >= 11 is 0. The van der Waals surface area contributed by atoms with Crippen LogP contribution in [-0.2, 0) is 4.79 Å². The van der Waals surface area contributed by atoms with Crippen LogP contribution in [0, 0.1) is 5.41 Å². The number of rotatable bonds is 2. The van der Waals surface area contributed by atoms with Gasteiger partial charge in [0.15, 0.2) is 0 Å². The molecule has 2 saturated heterocycles. The number of likely N-dealkylation sites (tertiary alicyclic amines) is 1. The highest BCUT2D eigenvalue weighted by atomic mass is 16.3. The molecule has 1 atom stereocenters. The first-order valence-electron chi connectivity index (χ1n) is 10.6. The smallest absolute Gasteiger partial charge is 0.230 e. The zero-order valence-corrected chi connectivity index (χ0v) is 16.3. The number of benzene rings is 1. The van der Waals surface area contributed by atoms with E-state index in [0.717, 1.165) is 81.3 Å². The molecule has 1 N–H and O–H groups in total. The topological polar surface area (TPSA) is 69.6 Å². The maximum Gasteiger partial charge on any atom is 0.230 e. The second kappa shape index (κ2) is 6.99. The zero-order valence-electron chi connectivity index (χ0n) is 16.3. The van der Waals surface area contributed by atoms with E-state index in [4.69, 9.17) is 0 Å². The SMILES string of the molecule is O=C1N(C2CCC(O)CC2)CCC12CCCN(c1ncnc3ccccc13)C2. The van der Waals surface area contributed by atoms with Gasteiger partial charge in [0, 0.05) is 31.1 Å². The second-order valence-corrected chi connectivity index (χ2v) is 8.73. The number of aliphatic hydroxyl groups is 1. The molecule has 28 heavy (non-hydrogen) atoms. The molecule has 2 aliphatic heterocycles. The summed E-state index contributed by atoms with van der Waals surface area (Å²) in [5, 5.41) is 10.9. The summed E-state index contributed by atoms with van der Waals surface area (Å²) in [6.07, 6.45) is 7.88. The molecule has 2 aromatic rings. The van der Waals surface area contributed by atoms with E-state index in [9.17, 15) is 9.90 Å². The fraction of sp³-hybridized carbons (Fsp3) is 0.591. The fourth-order valence-corrected chi connectivity index (χ4v) is 5.50. The number of amides is 1. The Morgan fingerprint density at radius 3 is 2.71 bits per heavy atom. The molecule has 0 radical (unpaired) electrons. The first kappa shape index (κ1) is 17.9. The van der Waals surface area contributed by atoms with Gasteiger partial charge in [0.1, 0.15) is 12.1 Å². The van der Waals surface area contributed by atoms with Gasteiger partial charge in [-0.05, 0) is 57.1 Å². The molecule has 6 heteroatoms. The van der Waals surface area contributed by atoms with Crippen LogP contribution in [-0.4, -0.2) is 57.7 Å². The lowest BCUT2D eigenvalue weighted by atomic mass is 9.78. The Hall–Kier alpha value is -2.21. The van der Waals surface area contributed by atoms with Crippen molar-refractivity contribution in [2.75, 3.05) is 24.5 Å². The number of anilines is 1. The minimum atomic E-state index is -0.277. The molecule has 1 aliphatic carbocycles. The molecule has 1 aromatic carbocycles. The average Bonchev–Trinajstić information content (AvgIpc) is 3.04. The Bertz CT molecular complexity index is 874. The third-order valence-electron chi connectivity index (χ3n) is 7.05. The van der Waals surface area contributed by atoms with Crippen LogP contribution in [0.25, 0.3) is 10.9 Å². The normalized spacial score (nSPS) is 31.1. The molecule has 1 spiro atoms. The lowest BCUT2D eigenvalue weighted by Gasteiger charge is -2.41. The first-order valence-corrected chi connectivity index (χ1v) is 10.6. The minimum Gasteiger partial charge on any atom is -0.393 e. The number of aromatic nitrogens is 2. The van der Waals surface area contributed by atoms with Gasteiger partial charge in [-0.15, -0.1) is 0 Å². The number of piperidine rings is 1. The van der Waals surface area contributed by atoms with Crippen LogP contribution in [0.4, 0.5) is 5.82 Å². The monoisotopic (exact) mass is 380 g/mol. The standard InChI is InChI=1S/C22H28N4O2/c27-17-8-6-16(7-9-17)26-13-11-22(21(26)28)10-3-12-25(14-22)20-18-4-1-2-5-19(18)23-15-24-20/h1-2,4-5,15-17,27H,3,6-14H2. The van der Waals surface area contributed by atoms with Gasteiger partial charge in [-0.1, -0.05) is 12.1 Å². The zero-order chi connectivity index (χ0) is 19.1. The van der Waals surface area contributed by atoms with Gasteiger partial charge in [0.2, 0.25) is 5.91 Å². The van der Waals surface area contributed by atoms with E-state index in [1.807, 2.05) is 18.2 Å². The van der Waals surface area contributed by atoms with Crippen molar-refractivity contribution in [3.8, 4) is 0 Å². The van der Waals surface area contributed by atoms with E-state index >= 15 is 0 Å². The van der Waals surface area contributed by atoms with Crippen LogP contribution in [0.1, 0.15) is 44.9 Å². The number of aliphatic hydroxyl groups excluding tert-OH is 1. The molecular formula is C22H28N4O2. The predicted molar refractivity (Wildman–Crippen MR) is 108 cm³/mol. The summed E-state index contributed by atoms with van der Waals surface area (Å²) in [6, 6.07) is 8.42. The molecule has 1 unspecified atom stereocenters. The molecule has 3 aliphatic rings. The number of nitrogens with zero attached hydrogens (tertiary/aromatic N) is 4. The Balaban J connectivity index is 1.39. The first-order chi connectivity index (χ1) is 13.7. The number of carbonyl (C=O) groups is 1. The van der Waals surface area contributed by atoms with Gasteiger partial charge in [-0.2, -0.15) is 0 Å². The summed E-state index contributed by atoms with van der Waals surface area (Å²) in [7, 11) is 0. The van der Waals surface area contributed by atoms with Crippen LogP contribution in [0.15, 0.2) is 30.6 Å². The van der Waals surface area contributed by atoms with E-state index in [1.54, 1.807) is 6.33 Å². The predicted octanol–water partition coefficient (Wildman–Crippen LogP) is 2.75. The molecule has 5 rings (SSSR count). The number of fused-ring (bicyclic) bond motifs is 1. The van der Waals surface area contributed by atoms with Gasteiger partial charge in [0.25, 0.3) is 0 Å². The van der Waals surface area contributed by atoms with Crippen LogP contribution >= 0.6 is 0 Å². The largest absolute Gasteiger partial charge is 0.393 e. The van der Waals surface area contributed by atoms with Crippen molar-refractivity contribution in [3.05, 3.63) is 30.6 Å². The maximum atomic E-state index is 13.5. The highest BCUT2D eigenvalue weighted by Crippen LogP contribution is 2.43. The third-order valence-corrected chi connectivity index (χ3v) is 7.05. The van der Waals surface area contributed by atoms with Crippen molar-refractivity contribution in [2.45, 2.75) is 57.1 Å². The Morgan fingerprint density at radius 1 is 1.04 bits per heavy atom. The quantitative estimate of drug-likeness (QED) is 0.868. The van der Waals surface area contributed by atoms with Gasteiger partial charge < -0.3 is 14.9 Å². The summed E-state index contributed by atoms with van der Waals surface area (Å²) in [5.74, 6) is 1.29. The molecule has 148 valence electrons. The Labute approximate surface area is 165 Å².